The van der Waals surface area contributed by atoms with Gasteiger partial charge in [-0.3, -0.25) is 19.1 Å². The van der Waals surface area contributed by atoms with Crippen LogP contribution < -0.4 is 11.2 Å². The Morgan fingerprint density at radius 2 is 1.91 bits per heavy atom. The number of pyridine rings is 1. The maximum Gasteiger partial charge on any atom is 0.329 e. The van der Waals surface area contributed by atoms with E-state index in [-0.39, 0.29) is 29.2 Å². The fourth-order valence-electron chi connectivity index (χ4n) is 3.59. The second kappa shape index (κ2) is 8.88. The number of aryl methyl sites for hydroxylation is 3. The van der Waals surface area contributed by atoms with Gasteiger partial charge in [0.25, 0.3) is 5.56 Å². The van der Waals surface area contributed by atoms with Crippen molar-refractivity contribution in [2.75, 3.05) is 0 Å². The van der Waals surface area contributed by atoms with Crippen LogP contribution in [0.25, 0.3) is 11.2 Å². The Morgan fingerprint density at radius 1 is 1.18 bits per heavy atom. The van der Waals surface area contributed by atoms with E-state index in [2.05, 4.69) is 21.0 Å². The van der Waals surface area contributed by atoms with Crippen LogP contribution in [0.5, 0.6) is 0 Å². The SMILES string of the molecule is Cc1cc(C)c(C#N)c(SCc2nc3c(c(=O)[nH]c(=O)n3C)n2CC(=O)c2ccccc2)n1. The normalized spacial score (nSPS) is 11.0. The second-order valence-electron chi connectivity index (χ2n) is 7.56. The van der Waals surface area contributed by atoms with Crippen molar-refractivity contribution in [1.82, 2.24) is 24.1 Å². The highest BCUT2D eigenvalue weighted by atomic mass is 32.2. The van der Waals surface area contributed by atoms with Crippen molar-refractivity contribution in [3.05, 3.63) is 85.4 Å². The summed E-state index contributed by atoms with van der Waals surface area (Å²) in [7, 11) is 1.51. The highest BCUT2D eigenvalue weighted by molar-refractivity contribution is 7.98. The van der Waals surface area contributed by atoms with Crippen molar-refractivity contribution in [2.24, 2.45) is 7.05 Å². The zero-order chi connectivity index (χ0) is 23.7. The lowest BCUT2D eigenvalue weighted by Gasteiger charge is -2.10. The molecule has 3 heterocycles. The van der Waals surface area contributed by atoms with Crippen LogP contribution in [0, 0.1) is 25.2 Å². The standard InChI is InChI=1S/C23H20N6O3S/c1-13-9-14(2)25-22(16(13)10-24)33-12-18-26-20-19(21(31)27-23(32)28(20)3)29(18)11-17(30)15-7-5-4-6-8-15/h4-9H,11-12H2,1-3H3,(H,27,31,32). The Labute approximate surface area is 192 Å². The Kier molecular flexibility index (Phi) is 5.98. The number of H-pyrrole nitrogens is 1. The Balaban J connectivity index is 1.80. The van der Waals surface area contributed by atoms with E-state index in [1.54, 1.807) is 24.3 Å². The van der Waals surface area contributed by atoms with Gasteiger partial charge in [-0.1, -0.05) is 42.1 Å². The number of hydrogen-bond acceptors (Lipinski definition) is 7. The number of nitrogens with one attached hydrogen (secondary N) is 1. The Hall–Kier alpha value is -3.97. The van der Waals surface area contributed by atoms with Gasteiger partial charge < -0.3 is 4.57 Å². The van der Waals surface area contributed by atoms with Gasteiger partial charge >= 0.3 is 5.69 Å². The molecule has 0 amide bonds. The first-order valence-corrected chi connectivity index (χ1v) is 11.1. The van der Waals surface area contributed by atoms with Gasteiger partial charge in [-0.15, -0.1) is 0 Å². The first kappa shape index (κ1) is 22.2. The zero-order valence-electron chi connectivity index (χ0n) is 18.2. The molecule has 0 atom stereocenters. The molecule has 0 spiro atoms. The number of rotatable bonds is 6. The predicted molar refractivity (Wildman–Crippen MR) is 124 cm³/mol. The number of Topliss-reactive ketones (excluding diaryl/α,β-unsaturated/α-hetero) is 1. The van der Waals surface area contributed by atoms with Gasteiger partial charge in [-0.25, -0.2) is 14.8 Å². The van der Waals surface area contributed by atoms with E-state index in [0.29, 0.717) is 22.0 Å². The molecule has 4 aromatic rings. The van der Waals surface area contributed by atoms with Gasteiger partial charge in [0.05, 0.1) is 17.9 Å². The molecular formula is C23H20N6O3S. The highest BCUT2D eigenvalue weighted by Gasteiger charge is 2.21. The van der Waals surface area contributed by atoms with E-state index < -0.39 is 11.2 Å². The lowest BCUT2D eigenvalue weighted by atomic mass is 10.1. The maximum absolute atomic E-state index is 12.9. The van der Waals surface area contributed by atoms with Crippen molar-refractivity contribution >= 4 is 28.7 Å². The summed E-state index contributed by atoms with van der Waals surface area (Å²) in [5.41, 5.74) is 1.70. The van der Waals surface area contributed by atoms with E-state index in [0.717, 1.165) is 11.3 Å². The lowest BCUT2D eigenvalue weighted by molar-refractivity contribution is 0.0972. The van der Waals surface area contributed by atoms with Gasteiger partial charge in [-0.2, -0.15) is 5.26 Å². The third-order valence-corrected chi connectivity index (χ3v) is 6.22. The summed E-state index contributed by atoms with van der Waals surface area (Å²) < 4.78 is 2.77. The quantitative estimate of drug-likeness (QED) is 0.346. The number of ketones is 1. The van der Waals surface area contributed by atoms with Crippen LogP contribution >= 0.6 is 11.8 Å². The Morgan fingerprint density at radius 3 is 2.61 bits per heavy atom. The number of benzene rings is 1. The van der Waals surface area contributed by atoms with Crippen molar-refractivity contribution in [1.29, 1.82) is 5.26 Å². The summed E-state index contributed by atoms with van der Waals surface area (Å²) in [6.07, 6.45) is 0. The Bertz CT molecular complexity index is 1540. The van der Waals surface area contributed by atoms with E-state index in [9.17, 15) is 19.6 Å². The van der Waals surface area contributed by atoms with Gasteiger partial charge in [0.15, 0.2) is 16.9 Å². The number of imidazole rings is 1. The summed E-state index contributed by atoms with van der Waals surface area (Å²) in [4.78, 5) is 49.0. The number of fused-ring (bicyclic) bond motifs is 1. The largest absolute Gasteiger partial charge is 0.329 e. The van der Waals surface area contributed by atoms with Crippen LogP contribution in [0.15, 0.2) is 51.0 Å². The van der Waals surface area contributed by atoms with Crippen LogP contribution in [-0.2, 0) is 19.3 Å². The molecule has 0 fully saturated rings. The third kappa shape index (κ3) is 4.23. The molecule has 0 saturated carbocycles. The van der Waals surface area contributed by atoms with E-state index in [1.807, 2.05) is 26.0 Å². The number of carbonyl (C=O) groups excluding carboxylic acids is 1. The molecule has 0 unspecified atom stereocenters. The third-order valence-electron chi connectivity index (χ3n) is 5.24. The van der Waals surface area contributed by atoms with Crippen molar-refractivity contribution < 1.29 is 4.79 Å². The number of aromatic amines is 1. The predicted octanol–water partition coefficient (Wildman–Crippen LogP) is 2.48. The number of nitrogens with zero attached hydrogens (tertiary/aromatic N) is 5. The summed E-state index contributed by atoms with van der Waals surface area (Å²) in [6, 6.07) is 12.8. The van der Waals surface area contributed by atoms with Gasteiger partial charge in [-0.05, 0) is 25.5 Å². The molecule has 3 aromatic heterocycles. The first-order chi connectivity index (χ1) is 15.8. The summed E-state index contributed by atoms with van der Waals surface area (Å²) >= 11 is 1.29. The van der Waals surface area contributed by atoms with Crippen LogP contribution in [0.4, 0.5) is 0 Å². The number of aromatic nitrogens is 5. The molecule has 0 bridgehead atoms. The molecule has 9 nitrogen and oxygen atoms in total. The molecule has 0 aliphatic rings. The van der Waals surface area contributed by atoms with Gasteiger partial charge in [0.2, 0.25) is 0 Å². The fraction of sp³-hybridized carbons (Fsp3) is 0.217. The monoisotopic (exact) mass is 460 g/mol. The average Bonchev–Trinajstić information content (AvgIpc) is 3.15. The van der Waals surface area contributed by atoms with Gasteiger partial charge in [0, 0.05) is 18.3 Å². The molecule has 166 valence electrons. The fourth-order valence-corrected chi connectivity index (χ4v) is 4.64. The smallest absolute Gasteiger partial charge is 0.313 e. The van der Waals surface area contributed by atoms with Crippen molar-refractivity contribution in [3.8, 4) is 6.07 Å². The minimum atomic E-state index is -0.611. The molecule has 0 saturated heterocycles. The molecule has 33 heavy (non-hydrogen) atoms. The van der Waals surface area contributed by atoms with Crippen LogP contribution in [0.3, 0.4) is 0 Å². The van der Waals surface area contributed by atoms with Gasteiger partial charge in [0.1, 0.15) is 16.9 Å². The molecule has 10 heteroatoms. The van der Waals surface area contributed by atoms with Crippen LogP contribution in [-0.4, -0.2) is 29.9 Å². The number of thioether (sulfide) groups is 1. The topological polar surface area (TPSA) is 126 Å². The second-order valence-corrected chi connectivity index (χ2v) is 8.52. The van der Waals surface area contributed by atoms with E-state index in [4.69, 9.17) is 0 Å². The number of carbonyl (C=O) groups is 1. The first-order valence-electron chi connectivity index (χ1n) is 10.1. The zero-order valence-corrected chi connectivity index (χ0v) is 19.1. The number of nitriles is 1. The molecule has 1 N–H and O–H groups in total. The number of hydrogen-bond donors (Lipinski definition) is 1. The van der Waals surface area contributed by atoms with E-state index in [1.165, 1.54) is 27.9 Å². The minimum Gasteiger partial charge on any atom is -0.313 e. The molecule has 4 rings (SSSR count). The minimum absolute atomic E-state index is 0.122. The molecule has 0 radical (unpaired) electrons. The molecule has 0 aliphatic heterocycles. The van der Waals surface area contributed by atoms with Crippen molar-refractivity contribution in [2.45, 2.75) is 31.2 Å². The highest BCUT2D eigenvalue weighted by Crippen LogP contribution is 2.27. The lowest BCUT2D eigenvalue weighted by Crippen LogP contribution is -2.29. The van der Waals surface area contributed by atoms with Crippen LogP contribution in [0.1, 0.15) is 33.0 Å². The van der Waals surface area contributed by atoms with Crippen LogP contribution in [0.2, 0.25) is 0 Å². The molecule has 1 aromatic carbocycles. The van der Waals surface area contributed by atoms with Crippen molar-refractivity contribution in [3.63, 3.8) is 0 Å². The summed E-state index contributed by atoms with van der Waals surface area (Å²) in [5, 5.41) is 10.1. The summed E-state index contributed by atoms with van der Waals surface area (Å²) in [5.74, 6) is 0.474. The van der Waals surface area contributed by atoms with E-state index >= 15 is 0 Å². The average molecular weight is 461 g/mol. The summed E-state index contributed by atoms with van der Waals surface area (Å²) in [6.45, 7) is 3.57. The molecular weight excluding hydrogens is 440 g/mol. The molecule has 0 aliphatic carbocycles. The maximum atomic E-state index is 12.9.